The molecule has 0 unspecified atom stereocenters. The van der Waals surface area contributed by atoms with Crippen molar-refractivity contribution in [3.05, 3.63) is 34.9 Å². The monoisotopic (exact) mass is 449 g/mol. The van der Waals surface area contributed by atoms with Crippen molar-refractivity contribution in [1.29, 1.82) is 0 Å². The van der Waals surface area contributed by atoms with E-state index in [1.807, 2.05) is 20.8 Å². The number of aliphatic hydroxyl groups is 2. The van der Waals surface area contributed by atoms with Gasteiger partial charge in [-0.2, -0.15) is 0 Å². The number of hydrogen-bond acceptors (Lipinski definition) is 7. The van der Waals surface area contributed by atoms with Gasteiger partial charge in [0.25, 0.3) is 5.91 Å². The quantitative estimate of drug-likeness (QED) is 0.225. The molecule has 3 aliphatic rings. The average Bonchev–Trinajstić information content (AvgIpc) is 2.99. The number of aliphatic hydroxyl groups excluding tert-OH is 2. The third kappa shape index (κ3) is 4.29. The maximum Gasteiger partial charge on any atom is 0.331 e. The van der Waals surface area contributed by atoms with Gasteiger partial charge in [0.05, 0.1) is 24.0 Å². The molecule has 2 heterocycles. The standard InChI is InChI=1S/C24H35NO7/c1-12(2)10-17-21-14(4)15(5)22(32-30)16-11-13(3)6-7-18(26)19(27)8-9-20(28)31-24(16,21)23(29)25-17/h8-9,11-12,16-19,21-22,26-27,30H,6-7,10H2,1-5H3,(H,25,29)/b9-8-,13-11-/t16-,17-,18+,19-,21-,22+,24+/m0/s1. The molecule has 0 aromatic carbocycles. The fourth-order valence-electron chi connectivity index (χ4n) is 5.43. The highest BCUT2D eigenvalue weighted by molar-refractivity contribution is 5.94. The molecule has 1 fully saturated rings. The van der Waals surface area contributed by atoms with E-state index in [9.17, 15) is 25.1 Å². The lowest BCUT2D eigenvalue weighted by molar-refractivity contribution is -0.290. The second-order valence-corrected chi connectivity index (χ2v) is 9.79. The van der Waals surface area contributed by atoms with Crippen LogP contribution in [0.3, 0.4) is 0 Å². The summed E-state index contributed by atoms with van der Waals surface area (Å²) in [6.07, 6.45) is 2.31. The molecule has 8 nitrogen and oxygen atoms in total. The Labute approximate surface area is 188 Å². The van der Waals surface area contributed by atoms with Crippen LogP contribution < -0.4 is 5.32 Å². The average molecular weight is 450 g/mol. The Bertz CT molecular complexity index is 845. The maximum absolute atomic E-state index is 13.6. The molecule has 7 atom stereocenters. The van der Waals surface area contributed by atoms with Crippen LogP contribution in [-0.2, 0) is 19.2 Å². The summed E-state index contributed by atoms with van der Waals surface area (Å²) >= 11 is 0. The molecule has 0 radical (unpaired) electrons. The van der Waals surface area contributed by atoms with Crippen LogP contribution in [0, 0.1) is 17.8 Å². The summed E-state index contributed by atoms with van der Waals surface area (Å²) in [4.78, 5) is 31.3. The smallest absolute Gasteiger partial charge is 0.331 e. The normalized spacial score (nSPS) is 41.0. The Hall–Kier alpha value is -2.00. The van der Waals surface area contributed by atoms with E-state index < -0.39 is 47.6 Å². The molecule has 1 aliphatic carbocycles. The van der Waals surface area contributed by atoms with Gasteiger partial charge in [0.2, 0.25) is 5.60 Å². The van der Waals surface area contributed by atoms with E-state index >= 15 is 0 Å². The van der Waals surface area contributed by atoms with Crippen molar-refractivity contribution < 1.29 is 34.7 Å². The van der Waals surface area contributed by atoms with Crippen molar-refractivity contribution in [2.45, 2.75) is 83.8 Å². The number of rotatable bonds is 3. The van der Waals surface area contributed by atoms with Crippen molar-refractivity contribution in [1.82, 2.24) is 5.32 Å². The van der Waals surface area contributed by atoms with Crippen LogP contribution in [-0.4, -0.2) is 57.3 Å². The van der Waals surface area contributed by atoms with Crippen LogP contribution in [0.4, 0.5) is 0 Å². The van der Waals surface area contributed by atoms with Gasteiger partial charge in [0.1, 0.15) is 6.10 Å². The molecule has 0 aromatic heterocycles. The molecule has 178 valence electrons. The number of allylic oxidation sites excluding steroid dienone is 1. The van der Waals surface area contributed by atoms with E-state index in [0.717, 1.165) is 22.8 Å². The Kier molecular flexibility index (Phi) is 7.29. The van der Waals surface area contributed by atoms with Crippen LogP contribution >= 0.6 is 0 Å². The topological polar surface area (TPSA) is 125 Å². The number of nitrogens with one attached hydrogen (secondary N) is 1. The molecule has 0 saturated carbocycles. The Morgan fingerprint density at radius 2 is 1.91 bits per heavy atom. The van der Waals surface area contributed by atoms with Gasteiger partial charge in [-0.15, -0.1) is 0 Å². The van der Waals surface area contributed by atoms with Crippen molar-refractivity contribution in [3.63, 3.8) is 0 Å². The molecule has 1 saturated heterocycles. The minimum Gasteiger partial charge on any atom is -0.444 e. The predicted molar refractivity (Wildman–Crippen MR) is 117 cm³/mol. The Morgan fingerprint density at radius 3 is 2.53 bits per heavy atom. The Morgan fingerprint density at radius 1 is 1.22 bits per heavy atom. The summed E-state index contributed by atoms with van der Waals surface area (Å²) in [5, 5.41) is 33.2. The molecule has 1 amide bonds. The molecular formula is C24H35NO7. The van der Waals surface area contributed by atoms with Gasteiger partial charge in [-0.05, 0) is 57.6 Å². The largest absolute Gasteiger partial charge is 0.444 e. The summed E-state index contributed by atoms with van der Waals surface area (Å²) < 4.78 is 5.95. The summed E-state index contributed by atoms with van der Waals surface area (Å²) in [5.41, 5.74) is 0.855. The summed E-state index contributed by atoms with van der Waals surface area (Å²) in [7, 11) is 0. The van der Waals surface area contributed by atoms with E-state index in [4.69, 9.17) is 9.62 Å². The fourth-order valence-corrected chi connectivity index (χ4v) is 5.43. The lowest BCUT2D eigenvalue weighted by atomic mass is 9.63. The zero-order chi connectivity index (χ0) is 23.8. The fraction of sp³-hybridized carbons (Fsp3) is 0.667. The number of carbonyl (C=O) groups is 2. The number of esters is 1. The molecule has 0 aromatic rings. The molecule has 3 rings (SSSR count). The highest BCUT2D eigenvalue weighted by Gasteiger charge is 2.66. The lowest BCUT2D eigenvalue weighted by Crippen LogP contribution is -2.59. The third-order valence-electron chi connectivity index (χ3n) is 7.10. The van der Waals surface area contributed by atoms with Crippen LogP contribution in [0.25, 0.3) is 0 Å². The molecule has 0 bridgehead atoms. The second-order valence-electron chi connectivity index (χ2n) is 9.79. The molecular weight excluding hydrogens is 414 g/mol. The van der Waals surface area contributed by atoms with E-state index in [2.05, 4.69) is 19.2 Å². The zero-order valence-corrected chi connectivity index (χ0v) is 19.4. The minimum atomic E-state index is -1.61. The summed E-state index contributed by atoms with van der Waals surface area (Å²) in [5.74, 6) is -2.13. The van der Waals surface area contributed by atoms with Gasteiger partial charge in [-0.1, -0.05) is 31.1 Å². The highest BCUT2D eigenvalue weighted by Crippen LogP contribution is 2.52. The number of carbonyl (C=O) groups excluding carboxylic acids is 2. The van der Waals surface area contributed by atoms with Crippen LogP contribution in [0.1, 0.15) is 53.9 Å². The first-order valence-electron chi connectivity index (χ1n) is 11.3. The Balaban J connectivity index is 2.22. The van der Waals surface area contributed by atoms with Crippen LogP contribution in [0.15, 0.2) is 34.9 Å². The minimum absolute atomic E-state index is 0.245. The summed E-state index contributed by atoms with van der Waals surface area (Å²) in [6, 6.07) is -0.245. The molecule has 4 N–H and O–H groups in total. The van der Waals surface area contributed by atoms with E-state index in [1.54, 1.807) is 6.08 Å². The molecule has 1 spiro atoms. The maximum atomic E-state index is 13.6. The SMILES string of the molecule is CC1=C(C)[C@H]2[C@H](CC(C)C)NC(=O)[C@]23OC(=O)/C=C\[C@H](O)[C@H](O)CC/C(C)=C\[C@H]3[C@@H]1OO. The van der Waals surface area contributed by atoms with E-state index in [0.29, 0.717) is 18.8 Å². The molecule has 32 heavy (non-hydrogen) atoms. The van der Waals surface area contributed by atoms with Crippen LogP contribution in [0.2, 0.25) is 0 Å². The first-order valence-corrected chi connectivity index (χ1v) is 11.3. The van der Waals surface area contributed by atoms with E-state index in [1.165, 1.54) is 6.08 Å². The van der Waals surface area contributed by atoms with Crippen molar-refractivity contribution in [2.75, 3.05) is 0 Å². The van der Waals surface area contributed by atoms with Crippen molar-refractivity contribution in [3.8, 4) is 0 Å². The first-order chi connectivity index (χ1) is 15.0. The molecule has 8 heteroatoms. The van der Waals surface area contributed by atoms with Gasteiger partial charge in [-0.3, -0.25) is 10.1 Å². The van der Waals surface area contributed by atoms with Crippen LogP contribution in [0.5, 0.6) is 0 Å². The second kappa shape index (κ2) is 9.47. The van der Waals surface area contributed by atoms with Crippen molar-refractivity contribution in [2.24, 2.45) is 17.8 Å². The van der Waals surface area contributed by atoms with Gasteiger partial charge in [0, 0.05) is 12.1 Å². The molecule has 2 aliphatic heterocycles. The lowest BCUT2D eigenvalue weighted by Gasteiger charge is -2.46. The third-order valence-corrected chi connectivity index (χ3v) is 7.10. The van der Waals surface area contributed by atoms with Gasteiger partial charge in [0.15, 0.2) is 0 Å². The number of hydrogen-bond donors (Lipinski definition) is 4. The van der Waals surface area contributed by atoms with Gasteiger partial charge < -0.3 is 20.3 Å². The highest BCUT2D eigenvalue weighted by atomic mass is 17.1. The van der Waals surface area contributed by atoms with Gasteiger partial charge >= 0.3 is 5.97 Å². The zero-order valence-electron chi connectivity index (χ0n) is 19.4. The predicted octanol–water partition coefficient (Wildman–Crippen LogP) is 2.27. The van der Waals surface area contributed by atoms with Gasteiger partial charge in [-0.25, -0.2) is 9.68 Å². The van der Waals surface area contributed by atoms with E-state index in [-0.39, 0.29) is 12.5 Å². The van der Waals surface area contributed by atoms with Crippen molar-refractivity contribution >= 4 is 11.9 Å². The summed E-state index contributed by atoms with van der Waals surface area (Å²) in [6.45, 7) is 9.72. The number of amides is 1. The number of ether oxygens (including phenoxy) is 1. The first kappa shape index (κ1) is 24.6.